The molecule has 6 nitrogen and oxygen atoms in total. The van der Waals surface area contributed by atoms with E-state index < -0.39 is 17.8 Å². The second-order valence-electron chi connectivity index (χ2n) is 6.87. The van der Waals surface area contributed by atoms with Crippen molar-refractivity contribution in [3.05, 3.63) is 53.0 Å². The molecule has 0 aliphatic rings. The van der Waals surface area contributed by atoms with E-state index in [9.17, 15) is 18.0 Å². The molecule has 0 radical (unpaired) electrons. The third kappa shape index (κ3) is 4.67. The van der Waals surface area contributed by atoms with E-state index in [-0.39, 0.29) is 6.54 Å². The van der Waals surface area contributed by atoms with Gasteiger partial charge in [-0.3, -0.25) is 0 Å². The van der Waals surface area contributed by atoms with Crippen molar-refractivity contribution in [2.24, 2.45) is 5.73 Å². The van der Waals surface area contributed by atoms with Crippen molar-refractivity contribution in [3.63, 3.8) is 0 Å². The largest absolute Gasteiger partial charge is 0.416 e. The van der Waals surface area contributed by atoms with E-state index in [0.29, 0.717) is 34.5 Å². The number of nitrogens with two attached hydrogens (primary N) is 1. The number of aryl methyl sites for hydroxylation is 2. The summed E-state index contributed by atoms with van der Waals surface area (Å²) in [4.78, 5) is 20.3. The number of alkyl halides is 3. The van der Waals surface area contributed by atoms with Crippen LogP contribution in [0.1, 0.15) is 42.4 Å². The van der Waals surface area contributed by atoms with Gasteiger partial charge in [0.15, 0.2) is 5.65 Å². The third-order valence-electron chi connectivity index (χ3n) is 4.60. The maximum absolute atomic E-state index is 13.1. The van der Waals surface area contributed by atoms with E-state index in [2.05, 4.69) is 22.2 Å². The number of unbranched alkanes of at least 4 members (excludes halogenated alkanes) is 1. The standard InChI is InChI=1S/C20H22F3N5O/c1-3-4-8-17-26-16-10-15(27-19(24)29)12(2)25-18(16)28(17)11-13-6-5-7-14(9-13)20(21,22)23/h5-7,9-10H,3-4,8,11H2,1-2H3,(H3,24,27,29). The maximum Gasteiger partial charge on any atom is 0.416 e. The molecule has 0 saturated heterocycles. The van der Waals surface area contributed by atoms with Crippen LogP contribution >= 0.6 is 0 Å². The SMILES string of the molecule is CCCCc1nc2cc(NC(N)=O)c(C)nc2n1Cc1cccc(C(F)(F)F)c1. The number of urea groups is 1. The molecule has 0 bridgehead atoms. The summed E-state index contributed by atoms with van der Waals surface area (Å²) in [5.41, 5.74) is 7.12. The van der Waals surface area contributed by atoms with Gasteiger partial charge in [-0.2, -0.15) is 13.2 Å². The Hall–Kier alpha value is -3.10. The molecular formula is C20H22F3N5O. The second kappa shape index (κ2) is 8.10. The molecule has 0 aliphatic heterocycles. The summed E-state index contributed by atoms with van der Waals surface area (Å²) in [7, 11) is 0. The van der Waals surface area contributed by atoms with Crippen molar-refractivity contribution in [1.29, 1.82) is 0 Å². The number of fused-ring (bicyclic) bond motifs is 1. The van der Waals surface area contributed by atoms with Crippen LogP contribution in [-0.4, -0.2) is 20.6 Å². The summed E-state index contributed by atoms with van der Waals surface area (Å²) >= 11 is 0. The molecular weight excluding hydrogens is 383 g/mol. The third-order valence-corrected chi connectivity index (χ3v) is 4.60. The molecule has 0 fully saturated rings. The van der Waals surface area contributed by atoms with Gasteiger partial charge >= 0.3 is 12.2 Å². The van der Waals surface area contributed by atoms with Gasteiger partial charge in [-0.15, -0.1) is 0 Å². The fraction of sp³-hybridized carbons (Fsp3) is 0.350. The predicted molar refractivity (Wildman–Crippen MR) is 105 cm³/mol. The van der Waals surface area contributed by atoms with Gasteiger partial charge in [-0.1, -0.05) is 25.5 Å². The van der Waals surface area contributed by atoms with E-state index in [1.54, 1.807) is 19.1 Å². The predicted octanol–water partition coefficient (Wildman–Crippen LogP) is 4.64. The topological polar surface area (TPSA) is 85.8 Å². The van der Waals surface area contributed by atoms with Crippen LogP contribution in [0, 0.1) is 6.92 Å². The molecule has 1 aromatic carbocycles. The minimum atomic E-state index is -4.40. The van der Waals surface area contributed by atoms with Gasteiger partial charge in [0.2, 0.25) is 0 Å². The Bertz CT molecular complexity index is 1040. The molecule has 2 heterocycles. The quantitative estimate of drug-likeness (QED) is 0.626. The van der Waals surface area contributed by atoms with Gasteiger partial charge in [0.25, 0.3) is 0 Å². The van der Waals surface area contributed by atoms with Crippen LogP contribution in [0.5, 0.6) is 0 Å². The highest BCUT2D eigenvalue weighted by molar-refractivity contribution is 5.90. The Morgan fingerprint density at radius 1 is 1.24 bits per heavy atom. The number of nitrogens with zero attached hydrogens (tertiary/aromatic N) is 3. The van der Waals surface area contributed by atoms with E-state index in [0.717, 1.165) is 30.8 Å². The number of primary amides is 1. The molecule has 3 N–H and O–H groups in total. The molecule has 0 atom stereocenters. The molecule has 154 valence electrons. The molecule has 2 aromatic heterocycles. The fourth-order valence-electron chi connectivity index (χ4n) is 3.16. The molecule has 0 aliphatic carbocycles. The zero-order valence-electron chi connectivity index (χ0n) is 16.2. The smallest absolute Gasteiger partial charge is 0.351 e. The normalized spacial score (nSPS) is 11.8. The van der Waals surface area contributed by atoms with Crippen LogP contribution in [0.3, 0.4) is 0 Å². The molecule has 0 unspecified atom stereocenters. The lowest BCUT2D eigenvalue weighted by Crippen LogP contribution is -2.20. The van der Waals surface area contributed by atoms with Crippen LogP contribution in [0.4, 0.5) is 23.7 Å². The number of pyridine rings is 1. The zero-order chi connectivity index (χ0) is 21.2. The van der Waals surface area contributed by atoms with E-state index in [1.165, 1.54) is 6.07 Å². The number of amides is 2. The first-order valence-corrected chi connectivity index (χ1v) is 9.28. The van der Waals surface area contributed by atoms with Crippen LogP contribution in [0.25, 0.3) is 11.2 Å². The molecule has 29 heavy (non-hydrogen) atoms. The Labute approximate surface area is 165 Å². The molecule has 0 spiro atoms. The van der Waals surface area contributed by atoms with E-state index in [4.69, 9.17) is 5.73 Å². The zero-order valence-corrected chi connectivity index (χ0v) is 16.2. The van der Waals surface area contributed by atoms with Crippen molar-refractivity contribution in [2.45, 2.75) is 45.8 Å². The van der Waals surface area contributed by atoms with Crippen molar-refractivity contribution in [3.8, 4) is 0 Å². The van der Waals surface area contributed by atoms with Crippen LogP contribution in [-0.2, 0) is 19.1 Å². The van der Waals surface area contributed by atoms with Crippen LogP contribution in [0.2, 0.25) is 0 Å². The Kier molecular flexibility index (Phi) is 5.76. The van der Waals surface area contributed by atoms with E-state index >= 15 is 0 Å². The number of aromatic nitrogens is 3. The Morgan fingerprint density at radius 2 is 2.00 bits per heavy atom. The highest BCUT2D eigenvalue weighted by atomic mass is 19.4. The van der Waals surface area contributed by atoms with Crippen molar-refractivity contribution >= 4 is 22.9 Å². The Balaban J connectivity index is 2.07. The number of carbonyl (C=O) groups excluding carboxylic acids is 1. The van der Waals surface area contributed by atoms with Crippen molar-refractivity contribution in [1.82, 2.24) is 14.5 Å². The average Bonchev–Trinajstić information content (AvgIpc) is 2.96. The first-order valence-electron chi connectivity index (χ1n) is 9.28. The molecule has 3 aromatic rings. The minimum absolute atomic E-state index is 0.217. The molecule has 9 heteroatoms. The summed E-state index contributed by atoms with van der Waals surface area (Å²) in [5, 5.41) is 2.51. The number of anilines is 1. The summed E-state index contributed by atoms with van der Waals surface area (Å²) in [6.45, 7) is 3.99. The molecule has 0 saturated carbocycles. The number of rotatable bonds is 6. The first kappa shape index (κ1) is 20.6. The fourth-order valence-corrected chi connectivity index (χ4v) is 3.16. The summed E-state index contributed by atoms with van der Waals surface area (Å²) < 4.78 is 41.0. The number of benzene rings is 1. The van der Waals surface area contributed by atoms with Crippen LogP contribution < -0.4 is 11.1 Å². The van der Waals surface area contributed by atoms with Crippen molar-refractivity contribution in [2.75, 3.05) is 5.32 Å². The van der Waals surface area contributed by atoms with Gasteiger partial charge in [0.05, 0.1) is 23.5 Å². The second-order valence-corrected chi connectivity index (χ2v) is 6.87. The van der Waals surface area contributed by atoms with Gasteiger partial charge in [0.1, 0.15) is 11.3 Å². The summed E-state index contributed by atoms with van der Waals surface area (Å²) in [6, 6.07) is 6.23. The number of carbonyl (C=O) groups is 1. The molecule has 2 amide bonds. The van der Waals surface area contributed by atoms with Crippen LogP contribution in [0.15, 0.2) is 30.3 Å². The minimum Gasteiger partial charge on any atom is -0.351 e. The van der Waals surface area contributed by atoms with E-state index in [1.807, 2.05) is 4.57 Å². The lowest BCUT2D eigenvalue weighted by Gasteiger charge is -2.12. The van der Waals surface area contributed by atoms with Gasteiger partial charge in [0, 0.05) is 6.42 Å². The highest BCUT2D eigenvalue weighted by Gasteiger charge is 2.30. The number of hydrogen-bond acceptors (Lipinski definition) is 3. The average molecular weight is 405 g/mol. The van der Waals surface area contributed by atoms with Gasteiger partial charge in [-0.25, -0.2) is 14.8 Å². The number of halogens is 3. The molecule has 3 rings (SSSR count). The highest BCUT2D eigenvalue weighted by Crippen LogP contribution is 2.30. The van der Waals surface area contributed by atoms with Gasteiger partial charge in [-0.05, 0) is 37.1 Å². The number of hydrogen-bond donors (Lipinski definition) is 2. The van der Waals surface area contributed by atoms with Gasteiger partial charge < -0.3 is 15.6 Å². The maximum atomic E-state index is 13.1. The summed E-state index contributed by atoms with van der Waals surface area (Å²) in [5.74, 6) is 0.738. The Morgan fingerprint density at radius 3 is 2.66 bits per heavy atom. The summed E-state index contributed by atoms with van der Waals surface area (Å²) in [6.07, 6.45) is -1.89. The number of nitrogens with one attached hydrogen (secondary N) is 1. The lowest BCUT2D eigenvalue weighted by atomic mass is 10.1. The van der Waals surface area contributed by atoms with Crippen molar-refractivity contribution < 1.29 is 18.0 Å². The number of imidazole rings is 1. The lowest BCUT2D eigenvalue weighted by molar-refractivity contribution is -0.137. The first-order chi connectivity index (χ1) is 13.7. The monoisotopic (exact) mass is 405 g/mol.